The van der Waals surface area contributed by atoms with Crippen LogP contribution in [0.2, 0.25) is 0 Å². The number of carbonyl (C=O) groups excluding carboxylic acids is 2. The first kappa shape index (κ1) is 53.8. The van der Waals surface area contributed by atoms with Crippen LogP contribution in [-0.4, -0.2) is 98.3 Å². The van der Waals surface area contributed by atoms with Gasteiger partial charge in [0.25, 0.3) is 0 Å². The topological polar surface area (TPSA) is 210 Å². The molecule has 1 fully saturated rings. The highest BCUT2D eigenvalue weighted by Gasteiger charge is 2.51. The van der Waals surface area contributed by atoms with Gasteiger partial charge in [0.1, 0.15) is 43.2 Å². The second-order valence-corrected chi connectivity index (χ2v) is 15.7. The van der Waals surface area contributed by atoms with Crippen molar-refractivity contribution in [1.29, 1.82) is 0 Å². The molecule has 334 valence electrons. The lowest BCUT2D eigenvalue weighted by Gasteiger charge is -2.41. The van der Waals surface area contributed by atoms with Gasteiger partial charge in [-0.25, -0.2) is 4.57 Å². The van der Waals surface area contributed by atoms with Crippen molar-refractivity contribution < 1.29 is 63.1 Å². The lowest BCUT2D eigenvalue weighted by Crippen LogP contribution is -2.64. The standard InChI is InChI=1S/C45H71O13P/c1-3-5-7-9-11-13-15-17-18-19-20-22-23-25-27-29-31-33-38(46)55-35-37(36-56-59(53,54)58-45-43(51)41(49)40(48)42(50)44(45)52)57-39(47)34-32-30-28-26-24-21-16-14-12-10-8-6-4-2/h5,7,9,11,13,15,17-24,28,30,37,40-45,48-52H,3-4,6,8,10,12,14,16,25-27,29,31-36H2,1-2H3,(H,53,54)/b7-5+,11-9+,15-13+,18-17+,20-19+,23-22+,24-21+,30-28+/t37?,40?,41-,42?,43?,44?,45?/m0/s1. The number of aliphatic hydroxyl groups is 5. The van der Waals surface area contributed by atoms with Gasteiger partial charge in [0.05, 0.1) is 6.61 Å². The minimum absolute atomic E-state index is 0.0260. The van der Waals surface area contributed by atoms with Crippen LogP contribution in [0.15, 0.2) is 97.2 Å². The zero-order valence-electron chi connectivity index (χ0n) is 35.0. The lowest BCUT2D eigenvalue weighted by molar-refractivity contribution is -0.220. The van der Waals surface area contributed by atoms with E-state index in [0.29, 0.717) is 12.8 Å². The molecule has 0 aromatic carbocycles. The van der Waals surface area contributed by atoms with Crippen LogP contribution >= 0.6 is 7.82 Å². The molecular weight excluding hydrogens is 779 g/mol. The summed E-state index contributed by atoms with van der Waals surface area (Å²) in [6, 6.07) is 0. The predicted octanol–water partition coefficient (Wildman–Crippen LogP) is 7.49. The number of ether oxygens (including phenoxy) is 2. The van der Waals surface area contributed by atoms with Gasteiger partial charge >= 0.3 is 19.8 Å². The van der Waals surface area contributed by atoms with E-state index in [9.17, 15) is 44.6 Å². The predicted molar refractivity (Wildman–Crippen MR) is 230 cm³/mol. The van der Waals surface area contributed by atoms with Gasteiger partial charge in [-0.05, 0) is 51.4 Å². The maximum atomic E-state index is 12.8. The van der Waals surface area contributed by atoms with E-state index in [2.05, 4.69) is 32.1 Å². The van der Waals surface area contributed by atoms with Gasteiger partial charge in [-0.3, -0.25) is 18.6 Å². The van der Waals surface area contributed by atoms with Crippen molar-refractivity contribution in [2.75, 3.05) is 13.2 Å². The maximum Gasteiger partial charge on any atom is 0.472 e. The molecule has 0 radical (unpaired) electrons. The number of aliphatic hydroxyl groups excluding tert-OH is 5. The van der Waals surface area contributed by atoms with Crippen molar-refractivity contribution in [1.82, 2.24) is 0 Å². The van der Waals surface area contributed by atoms with E-state index in [1.54, 1.807) is 0 Å². The van der Waals surface area contributed by atoms with E-state index in [1.165, 1.54) is 38.5 Å². The summed E-state index contributed by atoms with van der Waals surface area (Å²) >= 11 is 0. The van der Waals surface area contributed by atoms with Gasteiger partial charge in [0.2, 0.25) is 0 Å². The molecule has 0 heterocycles. The Kier molecular flexibility index (Phi) is 31.4. The zero-order chi connectivity index (χ0) is 43.6. The first-order valence-electron chi connectivity index (χ1n) is 21.1. The monoisotopic (exact) mass is 850 g/mol. The Morgan fingerprint density at radius 2 is 1.07 bits per heavy atom. The molecule has 14 heteroatoms. The molecule has 6 N–H and O–H groups in total. The van der Waals surface area contributed by atoms with Crippen molar-refractivity contribution in [3.63, 3.8) is 0 Å². The van der Waals surface area contributed by atoms with Crippen LogP contribution in [0.4, 0.5) is 0 Å². The number of hydrogen-bond donors (Lipinski definition) is 6. The molecule has 1 rings (SSSR count). The van der Waals surface area contributed by atoms with Gasteiger partial charge in [-0.1, -0.05) is 150 Å². The van der Waals surface area contributed by atoms with E-state index in [0.717, 1.165) is 38.5 Å². The van der Waals surface area contributed by atoms with Gasteiger partial charge in [0, 0.05) is 12.8 Å². The smallest absolute Gasteiger partial charge is 0.462 e. The number of allylic oxidation sites excluding steroid dienone is 16. The molecule has 1 aliphatic rings. The van der Waals surface area contributed by atoms with Crippen molar-refractivity contribution in [2.45, 2.75) is 159 Å². The Bertz CT molecular complexity index is 1400. The summed E-state index contributed by atoms with van der Waals surface area (Å²) in [4.78, 5) is 35.5. The quantitative estimate of drug-likeness (QED) is 0.0128. The molecule has 1 aliphatic carbocycles. The first-order chi connectivity index (χ1) is 28.4. The minimum atomic E-state index is -5.15. The molecular formula is C45H71O13P. The summed E-state index contributed by atoms with van der Waals surface area (Å²) in [5, 5.41) is 50.0. The highest BCUT2D eigenvalue weighted by molar-refractivity contribution is 7.47. The molecule has 1 saturated carbocycles. The van der Waals surface area contributed by atoms with E-state index in [1.807, 2.05) is 79.0 Å². The van der Waals surface area contributed by atoms with Crippen LogP contribution in [0, 0.1) is 0 Å². The number of carbonyl (C=O) groups is 2. The fourth-order valence-electron chi connectivity index (χ4n) is 5.66. The highest BCUT2D eigenvalue weighted by atomic mass is 31.2. The lowest BCUT2D eigenvalue weighted by atomic mass is 9.85. The molecule has 59 heavy (non-hydrogen) atoms. The van der Waals surface area contributed by atoms with E-state index in [4.69, 9.17) is 18.5 Å². The van der Waals surface area contributed by atoms with Crippen molar-refractivity contribution >= 4 is 19.8 Å². The number of phosphoric ester groups is 1. The van der Waals surface area contributed by atoms with E-state index in [-0.39, 0.29) is 12.8 Å². The van der Waals surface area contributed by atoms with Crippen LogP contribution in [0.1, 0.15) is 117 Å². The molecule has 0 spiro atoms. The van der Waals surface area contributed by atoms with E-state index < -0.39 is 75.7 Å². The second-order valence-electron chi connectivity index (χ2n) is 14.3. The SMILES string of the molecule is CC/C=C/C=C/C=C/C=C/C=C/C=C/CCCCCC(=O)OCC(COP(=O)(O)OC1C(O)C(O)C(O)[C@H](O)C1O)OC(=O)CC/C=C/C/C=C/CCCCCCCC. The Hall–Kier alpha value is -3.23. The molecule has 0 bridgehead atoms. The normalized spacial score (nSPS) is 23.3. The summed E-state index contributed by atoms with van der Waals surface area (Å²) in [7, 11) is -5.15. The molecule has 0 aromatic heterocycles. The van der Waals surface area contributed by atoms with Gasteiger partial charge < -0.3 is 39.9 Å². The Labute approximate surface area is 351 Å². The third-order valence-electron chi connectivity index (χ3n) is 9.08. The average molecular weight is 851 g/mol. The molecule has 0 aliphatic heterocycles. The number of unbranched alkanes of at least 4 members (excludes halogenated alkanes) is 9. The Morgan fingerprint density at radius 1 is 0.559 bits per heavy atom. The van der Waals surface area contributed by atoms with Crippen LogP contribution in [0.3, 0.4) is 0 Å². The first-order valence-corrected chi connectivity index (χ1v) is 22.6. The van der Waals surface area contributed by atoms with Crippen LogP contribution in [0.5, 0.6) is 0 Å². The number of hydrogen-bond acceptors (Lipinski definition) is 12. The molecule has 0 saturated heterocycles. The fraction of sp³-hybridized carbons (Fsp3) is 0.600. The highest BCUT2D eigenvalue weighted by Crippen LogP contribution is 2.47. The van der Waals surface area contributed by atoms with Gasteiger partial charge in [-0.2, -0.15) is 0 Å². The van der Waals surface area contributed by atoms with Crippen LogP contribution in [0.25, 0.3) is 0 Å². The van der Waals surface area contributed by atoms with Crippen molar-refractivity contribution in [3.05, 3.63) is 97.2 Å². The van der Waals surface area contributed by atoms with Gasteiger partial charge in [-0.15, -0.1) is 0 Å². The van der Waals surface area contributed by atoms with Crippen molar-refractivity contribution in [3.8, 4) is 0 Å². The molecule has 0 aromatic rings. The van der Waals surface area contributed by atoms with Crippen LogP contribution < -0.4 is 0 Å². The minimum Gasteiger partial charge on any atom is -0.462 e. The molecule has 8 atom stereocenters. The van der Waals surface area contributed by atoms with Gasteiger partial charge in [0.15, 0.2) is 6.10 Å². The summed E-state index contributed by atoms with van der Waals surface area (Å²) < 4.78 is 33.3. The second kappa shape index (κ2) is 34.5. The number of phosphoric acid groups is 1. The summed E-state index contributed by atoms with van der Waals surface area (Å²) in [6.07, 6.45) is 32.0. The number of esters is 2. The third-order valence-corrected chi connectivity index (χ3v) is 10.1. The third kappa shape index (κ3) is 27.3. The average Bonchev–Trinajstić information content (AvgIpc) is 3.21. The maximum absolute atomic E-state index is 12.8. The molecule has 7 unspecified atom stereocenters. The molecule has 13 nitrogen and oxygen atoms in total. The largest absolute Gasteiger partial charge is 0.472 e. The zero-order valence-corrected chi connectivity index (χ0v) is 35.9. The fourth-order valence-corrected chi connectivity index (χ4v) is 6.64. The Balaban J connectivity index is 2.59. The Morgan fingerprint density at radius 3 is 1.68 bits per heavy atom. The summed E-state index contributed by atoms with van der Waals surface area (Å²) in [5.74, 6) is -1.24. The van der Waals surface area contributed by atoms with Crippen LogP contribution in [-0.2, 0) is 32.7 Å². The summed E-state index contributed by atoms with van der Waals surface area (Å²) in [6.45, 7) is 3.02. The van der Waals surface area contributed by atoms with E-state index >= 15 is 0 Å². The molecule has 0 amide bonds. The summed E-state index contributed by atoms with van der Waals surface area (Å²) in [5.41, 5.74) is 0. The van der Waals surface area contributed by atoms with Crippen molar-refractivity contribution in [2.24, 2.45) is 0 Å². The number of rotatable bonds is 32.